The van der Waals surface area contributed by atoms with E-state index in [0.29, 0.717) is 17.7 Å². The molecule has 0 bridgehead atoms. The summed E-state index contributed by atoms with van der Waals surface area (Å²) in [6, 6.07) is 1.82. The molecule has 1 aromatic rings. The van der Waals surface area contributed by atoms with Gasteiger partial charge in [-0.25, -0.2) is 4.79 Å². The first kappa shape index (κ1) is 15.0. The van der Waals surface area contributed by atoms with Gasteiger partial charge in [-0.1, -0.05) is 0 Å². The van der Waals surface area contributed by atoms with Crippen molar-refractivity contribution in [3.8, 4) is 11.5 Å². The molecule has 1 amide bonds. The number of nitrogens with one attached hydrogen (secondary N) is 1. The highest BCUT2D eigenvalue weighted by Gasteiger charge is 2.47. The zero-order chi connectivity index (χ0) is 15.9. The molecule has 1 fully saturated rings. The Bertz CT molecular complexity index is 609. The van der Waals surface area contributed by atoms with Gasteiger partial charge >= 0.3 is 6.09 Å². The largest absolute Gasteiger partial charge is 0.507 e. The third-order valence-corrected chi connectivity index (χ3v) is 4.65. The lowest BCUT2D eigenvalue weighted by atomic mass is 9.73. The fraction of sp³-hybridized carbons (Fsp3) is 0.562. The normalized spacial score (nSPS) is 21.5. The fourth-order valence-corrected chi connectivity index (χ4v) is 3.36. The zero-order valence-electron chi connectivity index (χ0n) is 13.1. The quantitative estimate of drug-likeness (QED) is 0.821. The van der Waals surface area contributed by atoms with Gasteiger partial charge < -0.3 is 14.6 Å². The lowest BCUT2D eigenvalue weighted by molar-refractivity contribution is -0.0741. The molecule has 0 radical (unpaired) electrons. The maximum absolute atomic E-state index is 11.7. The molecule has 6 heteroatoms. The first-order valence-electron chi connectivity index (χ1n) is 7.47. The summed E-state index contributed by atoms with van der Waals surface area (Å²) >= 11 is 0. The highest BCUT2D eigenvalue weighted by Crippen LogP contribution is 2.52. The van der Waals surface area contributed by atoms with Crippen molar-refractivity contribution in [1.82, 2.24) is 5.48 Å². The van der Waals surface area contributed by atoms with Crippen molar-refractivity contribution < 1.29 is 24.2 Å². The fourth-order valence-electron chi connectivity index (χ4n) is 3.36. The Labute approximate surface area is 129 Å². The van der Waals surface area contributed by atoms with Gasteiger partial charge in [-0.05, 0) is 44.7 Å². The molecule has 0 aromatic heterocycles. The number of benzene rings is 1. The summed E-state index contributed by atoms with van der Waals surface area (Å²) in [6.45, 7) is 3.65. The average Bonchev–Trinajstić information content (AvgIpc) is 2.42. The molecular formula is C16H21NO5. The van der Waals surface area contributed by atoms with Crippen LogP contribution < -0.4 is 10.2 Å². The molecule has 2 aliphatic rings. The number of carbonyl (C=O) groups excluding carboxylic acids is 1. The molecule has 1 atom stereocenters. The summed E-state index contributed by atoms with van der Waals surface area (Å²) in [5.41, 5.74) is 4.11. The van der Waals surface area contributed by atoms with Gasteiger partial charge in [-0.2, -0.15) is 5.48 Å². The van der Waals surface area contributed by atoms with E-state index < -0.39 is 12.2 Å². The number of aryl methyl sites for hydroxylation is 1. The summed E-state index contributed by atoms with van der Waals surface area (Å²) in [5, 5.41) is 10.2. The van der Waals surface area contributed by atoms with Gasteiger partial charge in [0.05, 0.1) is 7.11 Å². The summed E-state index contributed by atoms with van der Waals surface area (Å²) in [4.78, 5) is 16.3. The first-order chi connectivity index (χ1) is 10.5. The highest BCUT2D eigenvalue weighted by molar-refractivity contribution is 5.67. The average molecular weight is 307 g/mol. The van der Waals surface area contributed by atoms with Crippen molar-refractivity contribution in [1.29, 1.82) is 0 Å². The molecule has 6 nitrogen and oxygen atoms in total. The van der Waals surface area contributed by atoms with Gasteiger partial charge in [0.25, 0.3) is 0 Å². The summed E-state index contributed by atoms with van der Waals surface area (Å²) < 4.78 is 11.7. The second kappa shape index (κ2) is 5.35. The maximum Gasteiger partial charge on any atom is 0.431 e. The molecule has 1 saturated carbocycles. The number of amides is 1. The van der Waals surface area contributed by atoms with Crippen LogP contribution in [0.4, 0.5) is 4.79 Å². The number of hydroxylamine groups is 1. The molecule has 1 unspecified atom stereocenters. The Morgan fingerprint density at radius 3 is 2.77 bits per heavy atom. The van der Waals surface area contributed by atoms with E-state index in [9.17, 15) is 9.90 Å². The van der Waals surface area contributed by atoms with Gasteiger partial charge in [0, 0.05) is 17.5 Å². The Kier molecular flexibility index (Phi) is 3.64. The van der Waals surface area contributed by atoms with E-state index >= 15 is 0 Å². The minimum absolute atomic E-state index is 0.215. The first-order valence-corrected chi connectivity index (χ1v) is 7.47. The van der Waals surface area contributed by atoms with E-state index in [1.807, 2.05) is 19.9 Å². The van der Waals surface area contributed by atoms with Gasteiger partial charge in [-0.15, -0.1) is 0 Å². The second-order valence-electron chi connectivity index (χ2n) is 6.12. The SMILES string of the molecule is CONC(=O)OC1CC2(CCC2)Oc2cc(C)c(O)c(C)c21. The number of hydrogen-bond donors (Lipinski definition) is 2. The molecular weight excluding hydrogens is 286 g/mol. The van der Waals surface area contributed by atoms with Gasteiger partial charge in [0.2, 0.25) is 0 Å². The minimum atomic E-state index is -0.644. The van der Waals surface area contributed by atoms with Crippen LogP contribution in [-0.2, 0) is 9.57 Å². The van der Waals surface area contributed by atoms with Crippen molar-refractivity contribution in [3.05, 3.63) is 22.8 Å². The van der Waals surface area contributed by atoms with Crippen LogP contribution in [0.15, 0.2) is 6.07 Å². The number of fused-ring (bicyclic) bond motifs is 1. The van der Waals surface area contributed by atoms with Gasteiger partial charge in [0.1, 0.15) is 23.2 Å². The number of hydrogen-bond acceptors (Lipinski definition) is 5. The molecule has 1 heterocycles. The van der Waals surface area contributed by atoms with Crippen LogP contribution in [-0.4, -0.2) is 23.9 Å². The molecule has 1 aliphatic heterocycles. The predicted molar refractivity (Wildman–Crippen MR) is 78.8 cm³/mol. The highest BCUT2D eigenvalue weighted by atomic mass is 16.7. The third-order valence-electron chi connectivity index (χ3n) is 4.65. The van der Waals surface area contributed by atoms with Crippen LogP contribution in [0.25, 0.3) is 0 Å². The topological polar surface area (TPSA) is 77.0 Å². The van der Waals surface area contributed by atoms with Crippen molar-refractivity contribution in [2.24, 2.45) is 0 Å². The Balaban J connectivity index is 1.99. The number of aromatic hydroxyl groups is 1. The van der Waals surface area contributed by atoms with Crippen LogP contribution in [0.1, 0.15) is 48.5 Å². The van der Waals surface area contributed by atoms with E-state index in [2.05, 4.69) is 10.3 Å². The summed E-state index contributed by atoms with van der Waals surface area (Å²) in [7, 11) is 1.35. The number of carbonyl (C=O) groups is 1. The molecule has 1 spiro atoms. The van der Waals surface area contributed by atoms with Crippen LogP contribution in [0.3, 0.4) is 0 Å². The molecule has 1 aliphatic carbocycles. The summed E-state index contributed by atoms with van der Waals surface area (Å²) in [5.74, 6) is 0.918. The number of phenolic OH excluding ortho intramolecular Hbond substituents is 1. The van der Waals surface area contributed by atoms with E-state index in [-0.39, 0.29) is 11.4 Å². The van der Waals surface area contributed by atoms with E-state index in [1.54, 1.807) is 0 Å². The standard InChI is InChI=1S/C16H21NO5/c1-9-7-11-13(10(2)14(9)18)12(21-15(19)17-20-3)8-16(22-11)5-4-6-16/h7,12,18H,4-6,8H2,1-3H3,(H,17,19). The molecule has 0 saturated heterocycles. The molecule has 22 heavy (non-hydrogen) atoms. The molecule has 120 valence electrons. The van der Waals surface area contributed by atoms with Gasteiger partial charge in [-0.3, -0.25) is 4.84 Å². The lowest BCUT2D eigenvalue weighted by Crippen LogP contribution is -2.48. The van der Waals surface area contributed by atoms with Gasteiger partial charge in [0.15, 0.2) is 0 Å². The second-order valence-corrected chi connectivity index (χ2v) is 6.12. The van der Waals surface area contributed by atoms with Crippen molar-refractivity contribution in [2.45, 2.75) is 51.2 Å². The van der Waals surface area contributed by atoms with Crippen molar-refractivity contribution >= 4 is 6.09 Å². The van der Waals surface area contributed by atoms with Crippen molar-refractivity contribution in [3.63, 3.8) is 0 Å². The third kappa shape index (κ3) is 2.37. The smallest absolute Gasteiger partial charge is 0.431 e. The molecule has 3 rings (SSSR count). The van der Waals surface area contributed by atoms with Crippen LogP contribution >= 0.6 is 0 Å². The zero-order valence-corrected chi connectivity index (χ0v) is 13.1. The molecule has 2 N–H and O–H groups in total. The van der Waals surface area contributed by atoms with E-state index in [4.69, 9.17) is 9.47 Å². The predicted octanol–water partition coefficient (Wildman–Crippen LogP) is 3.04. The molecule has 1 aromatic carbocycles. The number of phenols is 1. The van der Waals surface area contributed by atoms with E-state index in [0.717, 1.165) is 30.4 Å². The van der Waals surface area contributed by atoms with Crippen molar-refractivity contribution in [2.75, 3.05) is 7.11 Å². The van der Waals surface area contributed by atoms with E-state index in [1.165, 1.54) is 7.11 Å². The van der Waals surface area contributed by atoms with Crippen LogP contribution in [0.2, 0.25) is 0 Å². The Morgan fingerprint density at radius 2 is 2.18 bits per heavy atom. The minimum Gasteiger partial charge on any atom is -0.507 e. The van der Waals surface area contributed by atoms with Crippen LogP contribution in [0.5, 0.6) is 11.5 Å². The lowest BCUT2D eigenvalue weighted by Gasteiger charge is -2.47. The van der Waals surface area contributed by atoms with Crippen LogP contribution in [0, 0.1) is 13.8 Å². The Hall–Kier alpha value is -1.95. The maximum atomic E-state index is 11.7. The number of ether oxygens (including phenoxy) is 2. The Morgan fingerprint density at radius 1 is 1.45 bits per heavy atom. The monoisotopic (exact) mass is 307 g/mol. The number of rotatable bonds is 2. The summed E-state index contributed by atoms with van der Waals surface area (Å²) in [6.07, 6.45) is 2.52.